The lowest BCUT2D eigenvalue weighted by atomic mass is 9.93. The maximum atomic E-state index is 12.5. The minimum Gasteiger partial charge on any atom is -0.366 e. The molecule has 0 aromatic carbocycles. The van der Waals surface area contributed by atoms with Crippen LogP contribution in [0.5, 0.6) is 0 Å². The molecule has 2 atom stereocenters. The first-order valence-corrected chi connectivity index (χ1v) is 8.53. The molecule has 0 aromatic rings. The average molecular weight is 302 g/mol. The molecular formula is C20H30O2. The number of fused-ring (bicyclic) bond motifs is 1. The number of carbonyl (C=O) groups excluding carboxylic acids is 1. The van der Waals surface area contributed by atoms with Crippen LogP contribution < -0.4 is 0 Å². The lowest BCUT2D eigenvalue weighted by Gasteiger charge is -2.10. The van der Waals surface area contributed by atoms with Gasteiger partial charge < -0.3 is 4.74 Å². The summed E-state index contributed by atoms with van der Waals surface area (Å²) in [4.78, 5) is 12.5. The molecule has 1 saturated heterocycles. The molecule has 0 saturated carbocycles. The summed E-state index contributed by atoms with van der Waals surface area (Å²) in [5.41, 5.74) is 4.75. The highest BCUT2D eigenvalue weighted by Crippen LogP contribution is 2.43. The van der Waals surface area contributed by atoms with Crippen LogP contribution in [0, 0.1) is 0 Å². The lowest BCUT2D eigenvalue weighted by molar-refractivity contribution is -0.111. The van der Waals surface area contributed by atoms with Crippen molar-refractivity contribution in [3.8, 4) is 0 Å². The van der Waals surface area contributed by atoms with Gasteiger partial charge in [-0.15, -0.1) is 0 Å². The first-order valence-electron chi connectivity index (χ1n) is 8.53. The monoisotopic (exact) mass is 302 g/mol. The van der Waals surface area contributed by atoms with Crippen LogP contribution in [0.2, 0.25) is 0 Å². The predicted molar refractivity (Wildman–Crippen MR) is 91.9 cm³/mol. The summed E-state index contributed by atoms with van der Waals surface area (Å²) >= 11 is 0. The van der Waals surface area contributed by atoms with E-state index in [9.17, 15) is 4.79 Å². The van der Waals surface area contributed by atoms with E-state index in [1.165, 1.54) is 11.1 Å². The van der Waals surface area contributed by atoms with Crippen molar-refractivity contribution in [3.63, 3.8) is 0 Å². The molecule has 0 bridgehead atoms. The molecule has 0 radical (unpaired) electrons. The zero-order chi connectivity index (χ0) is 16.3. The summed E-state index contributed by atoms with van der Waals surface area (Å²) in [5.74, 6) is 0.196. The van der Waals surface area contributed by atoms with Gasteiger partial charge in [0, 0.05) is 0 Å². The quantitative estimate of drug-likeness (QED) is 0.345. The van der Waals surface area contributed by atoms with Crippen LogP contribution in [0.25, 0.3) is 0 Å². The fourth-order valence-electron chi connectivity index (χ4n) is 3.27. The van der Waals surface area contributed by atoms with Crippen molar-refractivity contribution in [2.75, 3.05) is 0 Å². The first kappa shape index (κ1) is 17.2. The van der Waals surface area contributed by atoms with E-state index in [0.29, 0.717) is 6.10 Å². The second-order valence-electron chi connectivity index (χ2n) is 7.38. The number of ether oxygens (including phenoxy) is 1. The van der Waals surface area contributed by atoms with E-state index in [0.717, 1.165) is 49.7 Å². The van der Waals surface area contributed by atoms with Gasteiger partial charge in [0.15, 0.2) is 5.78 Å². The number of allylic oxidation sites excluding steroid dienone is 6. The van der Waals surface area contributed by atoms with Crippen LogP contribution in [-0.2, 0) is 9.53 Å². The van der Waals surface area contributed by atoms with Crippen molar-refractivity contribution < 1.29 is 9.53 Å². The van der Waals surface area contributed by atoms with Gasteiger partial charge in [-0.2, -0.15) is 0 Å². The smallest absolute Gasteiger partial charge is 0.181 e. The molecular weight excluding hydrogens is 272 g/mol. The summed E-state index contributed by atoms with van der Waals surface area (Å²) in [6.07, 6.45) is 10.5. The van der Waals surface area contributed by atoms with Gasteiger partial charge in [0.2, 0.25) is 0 Å². The fourth-order valence-corrected chi connectivity index (χ4v) is 3.27. The molecule has 0 spiro atoms. The second-order valence-corrected chi connectivity index (χ2v) is 7.38. The van der Waals surface area contributed by atoms with E-state index >= 15 is 0 Å². The molecule has 2 nitrogen and oxygen atoms in total. The number of carbonyl (C=O) groups is 1. The Labute approximate surface area is 135 Å². The van der Waals surface area contributed by atoms with E-state index in [-0.39, 0.29) is 11.4 Å². The van der Waals surface area contributed by atoms with Gasteiger partial charge in [0.1, 0.15) is 0 Å². The molecule has 2 rings (SSSR count). The van der Waals surface area contributed by atoms with Crippen LogP contribution in [0.1, 0.15) is 73.1 Å². The van der Waals surface area contributed by atoms with Crippen LogP contribution in [0.3, 0.4) is 0 Å². The van der Waals surface area contributed by atoms with E-state index in [2.05, 4.69) is 26.8 Å². The number of epoxide rings is 1. The normalized spacial score (nSPS) is 35.6. The van der Waals surface area contributed by atoms with Crippen molar-refractivity contribution in [2.45, 2.75) is 84.8 Å². The van der Waals surface area contributed by atoms with Crippen molar-refractivity contribution in [3.05, 3.63) is 34.4 Å². The van der Waals surface area contributed by atoms with Gasteiger partial charge in [0.25, 0.3) is 0 Å². The maximum Gasteiger partial charge on any atom is 0.181 e. The molecule has 2 heteroatoms. The molecule has 22 heavy (non-hydrogen) atoms. The molecule has 1 aliphatic carbocycles. The van der Waals surface area contributed by atoms with E-state index in [1.54, 1.807) is 0 Å². The van der Waals surface area contributed by atoms with Crippen molar-refractivity contribution in [2.24, 2.45) is 0 Å². The average Bonchev–Trinajstić information content (AvgIpc) is 3.06. The Morgan fingerprint density at radius 2 is 1.91 bits per heavy atom. The molecule has 1 heterocycles. The molecule has 0 amide bonds. The molecule has 0 N–H and O–H groups in total. The van der Waals surface area contributed by atoms with Crippen LogP contribution in [0.4, 0.5) is 0 Å². The third-order valence-corrected chi connectivity index (χ3v) is 5.02. The Hall–Kier alpha value is -1.15. The highest BCUT2D eigenvalue weighted by Gasteiger charge is 2.50. The molecule has 2 unspecified atom stereocenters. The molecule has 0 aromatic heterocycles. The van der Waals surface area contributed by atoms with Crippen LogP contribution in [0.15, 0.2) is 34.4 Å². The Morgan fingerprint density at radius 3 is 2.59 bits per heavy atom. The zero-order valence-electron chi connectivity index (χ0n) is 14.8. The summed E-state index contributed by atoms with van der Waals surface area (Å²) < 4.78 is 5.90. The Morgan fingerprint density at radius 1 is 1.18 bits per heavy atom. The number of ketones is 1. The van der Waals surface area contributed by atoms with Crippen molar-refractivity contribution in [1.29, 1.82) is 0 Å². The number of rotatable bonds is 0. The molecule has 2 aliphatic rings. The van der Waals surface area contributed by atoms with Gasteiger partial charge in [0.05, 0.1) is 11.7 Å². The Kier molecular flexibility index (Phi) is 5.44. The minimum absolute atomic E-state index is 0.0657. The first-order chi connectivity index (χ1) is 10.3. The lowest BCUT2D eigenvalue weighted by Crippen LogP contribution is -2.10. The molecule has 1 aliphatic heterocycles. The van der Waals surface area contributed by atoms with Crippen LogP contribution in [-0.4, -0.2) is 17.5 Å². The van der Waals surface area contributed by atoms with Gasteiger partial charge >= 0.3 is 0 Å². The third-order valence-electron chi connectivity index (χ3n) is 5.02. The fraction of sp³-hybridized carbons (Fsp3) is 0.650. The van der Waals surface area contributed by atoms with Crippen molar-refractivity contribution in [1.82, 2.24) is 0 Å². The SMILES string of the molecule is CC(C)=C1CC/C(C)=C\CCC2(C)OC2CC/C(C)=C/C1=O. The highest BCUT2D eigenvalue weighted by molar-refractivity contribution is 6.04. The predicted octanol–water partition coefficient (Wildman–Crippen LogP) is 5.30. The van der Waals surface area contributed by atoms with E-state index in [1.807, 2.05) is 19.9 Å². The maximum absolute atomic E-state index is 12.5. The highest BCUT2D eigenvalue weighted by atomic mass is 16.6. The molecule has 122 valence electrons. The largest absolute Gasteiger partial charge is 0.366 e. The van der Waals surface area contributed by atoms with Crippen molar-refractivity contribution >= 4 is 5.78 Å². The van der Waals surface area contributed by atoms with E-state index in [4.69, 9.17) is 4.74 Å². The van der Waals surface area contributed by atoms with E-state index < -0.39 is 0 Å². The van der Waals surface area contributed by atoms with Gasteiger partial charge in [-0.1, -0.05) is 22.8 Å². The Balaban J connectivity index is 2.17. The van der Waals surface area contributed by atoms with Gasteiger partial charge in [-0.25, -0.2) is 0 Å². The topological polar surface area (TPSA) is 29.6 Å². The third kappa shape index (κ3) is 4.42. The number of hydrogen-bond donors (Lipinski definition) is 0. The summed E-state index contributed by atoms with van der Waals surface area (Å²) in [6.45, 7) is 10.5. The minimum atomic E-state index is 0.0657. The van der Waals surface area contributed by atoms with Gasteiger partial charge in [-0.05, 0) is 84.8 Å². The van der Waals surface area contributed by atoms with Crippen LogP contribution >= 0.6 is 0 Å². The summed E-state index contributed by atoms with van der Waals surface area (Å²) in [6, 6.07) is 0. The second kappa shape index (κ2) is 6.95. The Bertz CT molecular complexity index is 532. The standard InChI is InChI=1S/C20H30O2/c1-14(2)17-10-8-15(3)7-6-12-20(5)19(22-20)11-9-16(4)13-18(17)21/h7,13,19H,6,8-12H2,1-5H3/b15-7-,16-13+. The number of hydrogen-bond acceptors (Lipinski definition) is 2. The summed E-state index contributed by atoms with van der Waals surface area (Å²) in [7, 11) is 0. The molecule has 1 fully saturated rings. The zero-order valence-corrected chi connectivity index (χ0v) is 14.8. The van der Waals surface area contributed by atoms with Gasteiger partial charge in [-0.3, -0.25) is 4.79 Å². The summed E-state index contributed by atoms with van der Waals surface area (Å²) in [5, 5.41) is 0.